The number of rotatable bonds is 2. The van der Waals surface area contributed by atoms with Crippen molar-refractivity contribution in [2.45, 2.75) is 6.92 Å². The molecule has 0 aromatic heterocycles. The summed E-state index contributed by atoms with van der Waals surface area (Å²) >= 11 is 0. The maximum Gasteiger partial charge on any atom is 0.316 e. The second-order valence-electron chi connectivity index (χ2n) is 3.95. The number of hydrogen-bond acceptors (Lipinski definition) is 5. The van der Waals surface area contributed by atoms with E-state index < -0.39 is 10.5 Å². The average molecular weight is 305 g/mol. The zero-order chi connectivity index (χ0) is 15.7. The molecule has 110 valence electrons. The van der Waals surface area contributed by atoms with Gasteiger partial charge in [-0.3, -0.25) is 4.79 Å². The monoisotopic (exact) mass is 305 g/mol. The first-order chi connectivity index (χ1) is 9.97. The first kappa shape index (κ1) is 16.4. The minimum absolute atomic E-state index is 0.0874. The summed E-state index contributed by atoms with van der Waals surface area (Å²) in [4.78, 5) is 10.6. The summed E-state index contributed by atoms with van der Waals surface area (Å²) < 4.78 is 23.3. The lowest BCUT2D eigenvalue weighted by Crippen LogP contribution is -2.05. The third-order valence-electron chi connectivity index (χ3n) is 2.14. The Morgan fingerprint density at radius 2 is 1.76 bits per heavy atom. The molecule has 0 radical (unpaired) electrons. The third-order valence-corrected chi connectivity index (χ3v) is 2.50. The summed E-state index contributed by atoms with van der Waals surface area (Å²) in [5.41, 5.74) is 7.32. The molecular weight excluding hydrogens is 290 g/mol. The van der Waals surface area contributed by atoms with Gasteiger partial charge in [0.2, 0.25) is 5.91 Å². The van der Waals surface area contributed by atoms with E-state index >= 15 is 0 Å². The first-order valence-corrected chi connectivity index (χ1v) is 7.00. The fourth-order valence-corrected chi connectivity index (χ4v) is 1.69. The number of carbonyl (C=O) groups is 1. The van der Waals surface area contributed by atoms with Crippen LogP contribution in [0.25, 0.3) is 0 Å². The summed E-state index contributed by atoms with van der Waals surface area (Å²) in [6.45, 7) is 1.46. The van der Waals surface area contributed by atoms with Gasteiger partial charge in [-0.05, 0) is 30.3 Å². The van der Waals surface area contributed by atoms with Crippen LogP contribution in [0, 0.1) is 0 Å². The molecule has 2 rings (SSSR count). The number of nitrogens with two attached hydrogens (primary N) is 1. The van der Waals surface area contributed by atoms with E-state index in [1.165, 1.54) is 6.92 Å². The van der Waals surface area contributed by atoms with Gasteiger partial charge < -0.3 is 11.1 Å². The van der Waals surface area contributed by atoms with E-state index in [4.69, 9.17) is 5.73 Å². The van der Waals surface area contributed by atoms with E-state index in [9.17, 15) is 13.2 Å². The van der Waals surface area contributed by atoms with Crippen LogP contribution in [0.2, 0.25) is 0 Å². The number of hydrogen-bond donors (Lipinski definition) is 2. The molecule has 0 aliphatic carbocycles. The smallest absolute Gasteiger partial charge is 0.316 e. The molecule has 0 atom stereocenters. The number of nitrogens with zero attached hydrogens (tertiary/aromatic N) is 1. The lowest BCUT2D eigenvalue weighted by Gasteiger charge is -2.01. The van der Waals surface area contributed by atoms with Crippen molar-refractivity contribution in [2.24, 2.45) is 4.36 Å². The van der Waals surface area contributed by atoms with Crippen LogP contribution >= 0.6 is 0 Å². The zero-order valence-electron chi connectivity index (χ0n) is 11.4. The van der Waals surface area contributed by atoms with E-state index in [1.54, 1.807) is 54.6 Å². The van der Waals surface area contributed by atoms with Gasteiger partial charge in [-0.25, -0.2) is 0 Å². The number of carbonyl (C=O) groups excluding carboxylic acids is 1. The molecule has 7 heteroatoms. The maximum absolute atomic E-state index is 10.6. The Labute approximate surface area is 124 Å². The Balaban J connectivity index is 0.000000211. The minimum atomic E-state index is -2.34. The number of nitrogen functional groups attached to an aromatic ring is 1. The normalized spacial score (nSPS) is 9.00. The molecule has 3 N–H and O–H groups in total. The second-order valence-corrected chi connectivity index (χ2v) is 4.57. The van der Waals surface area contributed by atoms with Crippen molar-refractivity contribution in [3.63, 3.8) is 0 Å². The van der Waals surface area contributed by atoms with Gasteiger partial charge in [0.25, 0.3) is 0 Å². The Morgan fingerprint density at radius 3 is 2.29 bits per heavy atom. The molecule has 0 spiro atoms. The topological polar surface area (TPSA) is 102 Å². The van der Waals surface area contributed by atoms with E-state index in [-0.39, 0.29) is 5.91 Å². The Hall–Kier alpha value is -2.67. The first-order valence-electron chi connectivity index (χ1n) is 5.96. The predicted molar refractivity (Wildman–Crippen MR) is 82.6 cm³/mol. The molecule has 0 saturated heterocycles. The quantitative estimate of drug-likeness (QED) is 0.832. The van der Waals surface area contributed by atoms with Crippen molar-refractivity contribution in [1.82, 2.24) is 0 Å². The Bertz CT molecular complexity index is 720. The number of amides is 1. The van der Waals surface area contributed by atoms with E-state index in [1.807, 2.05) is 0 Å². The standard InChI is InChI=1S/C8H10N2O.C6H5NO2S/c1-6(11)10-8-4-2-3-7(9)5-8;8-10(9)7-6-4-2-1-3-5-6/h2-5H,9H2,1H3,(H,10,11);1-5H. The highest BCUT2D eigenvalue weighted by molar-refractivity contribution is 7.61. The summed E-state index contributed by atoms with van der Waals surface area (Å²) in [6.07, 6.45) is 0. The van der Waals surface area contributed by atoms with E-state index in [2.05, 4.69) is 9.68 Å². The molecule has 0 heterocycles. The largest absolute Gasteiger partial charge is 0.399 e. The van der Waals surface area contributed by atoms with Crippen molar-refractivity contribution in [3.8, 4) is 0 Å². The third kappa shape index (κ3) is 7.48. The summed E-state index contributed by atoms with van der Waals surface area (Å²) in [6, 6.07) is 15.6. The molecule has 0 aliphatic heterocycles. The zero-order valence-corrected chi connectivity index (χ0v) is 12.2. The Kier molecular flexibility index (Phi) is 6.62. The lowest BCUT2D eigenvalue weighted by atomic mass is 10.3. The van der Waals surface area contributed by atoms with E-state index in [0.717, 1.165) is 5.69 Å². The second kappa shape index (κ2) is 8.49. The van der Waals surface area contributed by atoms with Crippen LogP contribution in [0.1, 0.15) is 6.92 Å². The van der Waals surface area contributed by atoms with Gasteiger partial charge in [0, 0.05) is 18.3 Å². The number of nitrogens with one attached hydrogen (secondary N) is 1. The Morgan fingerprint density at radius 1 is 1.10 bits per heavy atom. The van der Waals surface area contributed by atoms with E-state index in [0.29, 0.717) is 11.4 Å². The van der Waals surface area contributed by atoms with Crippen molar-refractivity contribution in [1.29, 1.82) is 0 Å². The van der Waals surface area contributed by atoms with Crippen LogP contribution < -0.4 is 11.1 Å². The molecule has 2 aromatic rings. The van der Waals surface area contributed by atoms with Crippen molar-refractivity contribution in [2.75, 3.05) is 11.1 Å². The van der Waals surface area contributed by atoms with Crippen LogP contribution in [0.3, 0.4) is 0 Å². The maximum atomic E-state index is 10.6. The molecule has 0 aliphatic rings. The number of benzene rings is 2. The summed E-state index contributed by atoms with van der Waals surface area (Å²) in [7, 11) is -2.34. The van der Waals surface area contributed by atoms with Crippen LogP contribution in [0.4, 0.5) is 17.1 Å². The van der Waals surface area contributed by atoms with Gasteiger partial charge >= 0.3 is 10.5 Å². The summed E-state index contributed by atoms with van der Waals surface area (Å²) in [5.74, 6) is -0.0874. The predicted octanol–water partition coefficient (Wildman–Crippen LogP) is 2.61. The van der Waals surface area contributed by atoms with Gasteiger partial charge in [-0.15, -0.1) is 4.36 Å². The lowest BCUT2D eigenvalue weighted by molar-refractivity contribution is -0.114. The van der Waals surface area contributed by atoms with Crippen LogP contribution in [0.5, 0.6) is 0 Å². The van der Waals surface area contributed by atoms with Crippen molar-refractivity contribution in [3.05, 3.63) is 54.6 Å². The molecule has 21 heavy (non-hydrogen) atoms. The molecule has 0 saturated carbocycles. The molecule has 0 fully saturated rings. The molecule has 0 bridgehead atoms. The highest BCUT2D eigenvalue weighted by Crippen LogP contribution is 2.11. The average Bonchev–Trinajstić information content (AvgIpc) is 2.39. The van der Waals surface area contributed by atoms with Gasteiger partial charge in [-0.1, -0.05) is 24.3 Å². The molecule has 2 aromatic carbocycles. The van der Waals surface area contributed by atoms with Crippen LogP contribution in [-0.2, 0) is 15.3 Å². The fraction of sp³-hybridized carbons (Fsp3) is 0.0714. The van der Waals surface area contributed by atoms with Crippen molar-refractivity contribution < 1.29 is 13.2 Å². The highest BCUT2D eigenvalue weighted by Gasteiger charge is 1.93. The highest BCUT2D eigenvalue weighted by atomic mass is 32.2. The molecule has 0 unspecified atom stereocenters. The molecule has 6 nitrogen and oxygen atoms in total. The van der Waals surface area contributed by atoms with Crippen LogP contribution in [0.15, 0.2) is 59.0 Å². The van der Waals surface area contributed by atoms with Crippen LogP contribution in [-0.4, -0.2) is 14.3 Å². The van der Waals surface area contributed by atoms with Gasteiger partial charge in [0.15, 0.2) is 0 Å². The minimum Gasteiger partial charge on any atom is -0.399 e. The van der Waals surface area contributed by atoms with Crippen molar-refractivity contribution >= 4 is 33.5 Å². The fourth-order valence-electron chi connectivity index (χ4n) is 1.39. The SMILES string of the molecule is CC(=O)Nc1cccc(N)c1.O=S(=O)=Nc1ccccc1. The summed E-state index contributed by atoms with van der Waals surface area (Å²) in [5, 5.41) is 2.63. The number of anilines is 2. The van der Waals surface area contributed by atoms with Gasteiger partial charge in [0.05, 0.1) is 5.69 Å². The molecule has 1 amide bonds. The van der Waals surface area contributed by atoms with Gasteiger partial charge in [0.1, 0.15) is 0 Å². The molecular formula is C14H15N3O3S. The van der Waals surface area contributed by atoms with Gasteiger partial charge in [-0.2, -0.15) is 8.42 Å².